The van der Waals surface area contributed by atoms with Crippen LogP contribution in [-0.2, 0) is 16.0 Å². The molecule has 0 saturated carbocycles. The van der Waals surface area contributed by atoms with Gasteiger partial charge in [-0.15, -0.1) is 11.3 Å². The van der Waals surface area contributed by atoms with E-state index in [4.69, 9.17) is 5.11 Å². The number of carbonyl (C=O) groups excluding carboxylic acids is 1. The van der Waals surface area contributed by atoms with E-state index in [-0.39, 0.29) is 12.3 Å². The number of amides is 1. The molecular formula is C16H15BrN2O3S. The van der Waals surface area contributed by atoms with Crippen molar-refractivity contribution >= 4 is 39.1 Å². The Bertz CT molecular complexity index is 746. The third-order valence-corrected chi connectivity index (χ3v) is 5.28. The molecule has 1 aliphatic rings. The molecule has 1 aromatic heterocycles. The molecule has 1 atom stereocenters. The average Bonchev–Trinajstić information content (AvgIpc) is 3.16. The van der Waals surface area contributed by atoms with E-state index in [1.807, 2.05) is 29.6 Å². The van der Waals surface area contributed by atoms with Crippen molar-refractivity contribution in [1.82, 2.24) is 9.88 Å². The van der Waals surface area contributed by atoms with Gasteiger partial charge in [0.05, 0.1) is 18.0 Å². The lowest BCUT2D eigenvalue weighted by Crippen LogP contribution is -2.31. The van der Waals surface area contributed by atoms with Gasteiger partial charge in [-0.05, 0) is 18.6 Å². The first-order chi connectivity index (χ1) is 11.0. The van der Waals surface area contributed by atoms with Crippen molar-refractivity contribution in [2.75, 3.05) is 13.1 Å². The van der Waals surface area contributed by atoms with Crippen molar-refractivity contribution in [2.45, 2.75) is 12.8 Å². The topological polar surface area (TPSA) is 70.5 Å². The molecule has 1 fully saturated rings. The summed E-state index contributed by atoms with van der Waals surface area (Å²) in [5.74, 6) is -1.32. The van der Waals surface area contributed by atoms with Crippen molar-refractivity contribution in [3.63, 3.8) is 0 Å². The molecule has 120 valence electrons. The van der Waals surface area contributed by atoms with Crippen molar-refractivity contribution in [3.05, 3.63) is 39.8 Å². The van der Waals surface area contributed by atoms with Gasteiger partial charge in [0.1, 0.15) is 5.01 Å². The van der Waals surface area contributed by atoms with Crippen LogP contribution < -0.4 is 0 Å². The molecule has 1 aliphatic heterocycles. The van der Waals surface area contributed by atoms with Crippen molar-refractivity contribution in [2.24, 2.45) is 5.92 Å². The van der Waals surface area contributed by atoms with Gasteiger partial charge in [-0.25, -0.2) is 4.98 Å². The highest BCUT2D eigenvalue weighted by molar-refractivity contribution is 9.10. The number of aromatic nitrogens is 1. The quantitative estimate of drug-likeness (QED) is 0.864. The Balaban J connectivity index is 1.65. The minimum atomic E-state index is -0.828. The Morgan fingerprint density at radius 2 is 2.26 bits per heavy atom. The fourth-order valence-corrected chi connectivity index (χ4v) is 3.81. The Morgan fingerprint density at radius 1 is 1.43 bits per heavy atom. The Hall–Kier alpha value is -1.73. The molecule has 7 heteroatoms. The number of rotatable bonds is 4. The Kier molecular flexibility index (Phi) is 4.77. The number of benzene rings is 1. The summed E-state index contributed by atoms with van der Waals surface area (Å²) in [4.78, 5) is 29.4. The van der Waals surface area contributed by atoms with Crippen LogP contribution in [0.3, 0.4) is 0 Å². The van der Waals surface area contributed by atoms with Crippen LogP contribution >= 0.6 is 27.3 Å². The molecule has 2 heterocycles. The van der Waals surface area contributed by atoms with Gasteiger partial charge in [-0.1, -0.05) is 28.1 Å². The molecular weight excluding hydrogens is 380 g/mol. The summed E-state index contributed by atoms with van der Waals surface area (Å²) in [6.07, 6.45) is 0.748. The summed E-state index contributed by atoms with van der Waals surface area (Å²) >= 11 is 4.94. The molecule has 1 saturated heterocycles. The second-order valence-electron chi connectivity index (χ2n) is 5.49. The second-order valence-corrected chi connectivity index (χ2v) is 7.27. The predicted octanol–water partition coefficient (Wildman–Crippen LogP) is 3.05. The van der Waals surface area contributed by atoms with Gasteiger partial charge in [0, 0.05) is 28.5 Å². The lowest BCUT2D eigenvalue weighted by atomic mass is 10.1. The zero-order valence-electron chi connectivity index (χ0n) is 12.2. The van der Waals surface area contributed by atoms with E-state index >= 15 is 0 Å². The summed E-state index contributed by atoms with van der Waals surface area (Å²) < 4.78 is 0.986. The van der Waals surface area contributed by atoms with Crippen molar-refractivity contribution in [3.8, 4) is 10.6 Å². The molecule has 0 aliphatic carbocycles. The standard InChI is InChI=1S/C16H15BrN2O3S/c17-12-3-1-2-10(6-12)15-18-13(9-23-15)7-14(20)19-5-4-11(8-19)16(21)22/h1-3,6,9,11H,4-5,7-8H2,(H,21,22)/t11-/m0/s1. The highest BCUT2D eigenvalue weighted by Crippen LogP contribution is 2.26. The monoisotopic (exact) mass is 394 g/mol. The number of aliphatic carboxylic acids is 1. The van der Waals surface area contributed by atoms with E-state index in [1.54, 1.807) is 4.90 Å². The number of carboxylic acids is 1. The molecule has 0 spiro atoms. The van der Waals surface area contributed by atoms with Crippen LogP contribution in [0.15, 0.2) is 34.1 Å². The zero-order chi connectivity index (χ0) is 16.4. The van der Waals surface area contributed by atoms with Gasteiger partial charge in [0.25, 0.3) is 0 Å². The van der Waals surface area contributed by atoms with Gasteiger partial charge < -0.3 is 10.0 Å². The van der Waals surface area contributed by atoms with Crippen molar-refractivity contribution in [1.29, 1.82) is 0 Å². The Morgan fingerprint density at radius 3 is 2.96 bits per heavy atom. The van der Waals surface area contributed by atoms with Crippen LogP contribution in [0.1, 0.15) is 12.1 Å². The largest absolute Gasteiger partial charge is 0.481 e. The second kappa shape index (κ2) is 6.80. The number of nitrogens with zero attached hydrogens (tertiary/aromatic N) is 2. The van der Waals surface area contributed by atoms with Gasteiger partial charge in [0.15, 0.2) is 0 Å². The molecule has 3 rings (SSSR count). The van der Waals surface area contributed by atoms with Gasteiger partial charge in [0.2, 0.25) is 5.91 Å². The van der Waals surface area contributed by atoms with Gasteiger partial charge >= 0.3 is 5.97 Å². The zero-order valence-corrected chi connectivity index (χ0v) is 14.6. The SMILES string of the molecule is O=C(O)[C@H]1CCN(C(=O)Cc2csc(-c3cccc(Br)c3)n2)C1. The van der Waals surface area contributed by atoms with Gasteiger partial charge in [-0.3, -0.25) is 9.59 Å². The minimum absolute atomic E-state index is 0.0557. The highest BCUT2D eigenvalue weighted by atomic mass is 79.9. The maximum Gasteiger partial charge on any atom is 0.308 e. The maximum absolute atomic E-state index is 12.3. The normalized spacial score (nSPS) is 17.4. The predicted molar refractivity (Wildman–Crippen MR) is 91.3 cm³/mol. The third-order valence-electron chi connectivity index (χ3n) is 3.85. The van der Waals surface area contributed by atoms with Crippen LogP contribution in [0.25, 0.3) is 10.6 Å². The third kappa shape index (κ3) is 3.79. The first-order valence-electron chi connectivity index (χ1n) is 7.24. The Labute approximate surface area is 146 Å². The van der Waals surface area contributed by atoms with Crippen LogP contribution in [0.2, 0.25) is 0 Å². The average molecular weight is 395 g/mol. The van der Waals surface area contributed by atoms with E-state index < -0.39 is 11.9 Å². The number of hydrogen-bond acceptors (Lipinski definition) is 4. The minimum Gasteiger partial charge on any atom is -0.481 e. The number of likely N-dealkylation sites (tertiary alicyclic amines) is 1. The van der Waals surface area contributed by atoms with Crippen LogP contribution in [-0.4, -0.2) is 40.0 Å². The summed E-state index contributed by atoms with van der Waals surface area (Å²) in [5.41, 5.74) is 1.74. The fraction of sp³-hybridized carbons (Fsp3) is 0.312. The fourth-order valence-electron chi connectivity index (χ4n) is 2.60. The summed E-state index contributed by atoms with van der Waals surface area (Å²) in [6.45, 7) is 0.815. The van der Waals surface area contributed by atoms with Gasteiger partial charge in [-0.2, -0.15) is 0 Å². The number of hydrogen-bond donors (Lipinski definition) is 1. The molecule has 1 N–H and O–H groups in total. The number of carbonyl (C=O) groups is 2. The van der Waals surface area contributed by atoms with E-state index in [2.05, 4.69) is 20.9 Å². The summed E-state index contributed by atoms with van der Waals surface area (Å²) in [6, 6.07) is 7.87. The first-order valence-corrected chi connectivity index (χ1v) is 8.91. The number of carboxylic acid groups (broad SMARTS) is 1. The molecule has 0 bridgehead atoms. The maximum atomic E-state index is 12.3. The lowest BCUT2D eigenvalue weighted by molar-refractivity contribution is -0.141. The summed E-state index contributed by atoms with van der Waals surface area (Å²) in [7, 11) is 0. The number of halogens is 1. The van der Waals surface area contributed by atoms with E-state index in [1.165, 1.54) is 11.3 Å². The molecule has 1 amide bonds. The molecule has 0 unspecified atom stereocenters. The molecule has 23 heavy (non-hydrogen) atoms. The first kappa shape index (κ1) is 16.1. The van der Waals surface area contributed by atoms with Crippen LogP contribution in [0, 0.1) is 5.92 Å². The summed E-state index contributed by atoms with van der Waals surface area (Å²) in [5, 5.41) is 11.8. The molecule has 2 aromatic rings. The molecule has 1 aromatic carbocycles. The smallest absolute Gasteiger partial charge is 0.308 e. The van der Waals surface area contributed by atoms with Crippen LogP contribution in [0.4, 0.5) is 0 Å². The van der Waals surface area contributed by atoms with E-state index in [9.17, 15) is 9.59 Å². The van der Waals surface area contributed by atoms with E-state index in [0.717, 1.165) is 20.7 Å². The highest BCUT2D eigenvalue weighted by Gasteiger charge is 2.30. The van der Waals surface area contributed by atoms with Crippen molar-refractivity contribution < 1.29 is 14.7 Å². The van der Waals surface area contributed by atoms with Crippen LogP contribution in [0.5, 0.6) is 0 Å². The lowest BCUT2D eigenvalue weighted by Gasteiger charge is -2.14. The molecule has 0 radical (unpaired) electrons. The molecule has 5 nitrogen and oxygen atoms in total. The number of thiazole rings is 1. The van der Waals surface area contributed by atoms with E-state index in [0.29, 0.717) is 19.5 Å².